The summed E-state index contributed by atoms with van der Waals surface area (Å²) in [5.74, 6) is 0.265. The van der Waals surface area contributed by atoms with E-state index in [1.807, 2.05) is 6.92 Å². The van der Waals surface area contributed by atoms with E-state index in [0.717, 1.165) is 0 Å². The molecule has 1 N–H and O–H groups in total. The molecule has 0 radical (unpaired) electrons. The Kier molecular flexibility index (Phi) is 7.52. The van der Waals surface area contributed by atoms with Crippen LogP contribution in [0.25, 0.3) is 0 Å². The molecule has 2 aromatic rings. The normalized spacial score (nSPS) is 11.3. The maximum Gasteiger partial charge on any atom is 0.339 e. The fourth-order valence-electron chi connectivity index (χ4n) is 2.34. The van der Waals surface area contributed by atoms with Gasteiger partial charge in [0, 0.05) is 5.69 Å². The summed E-state index contributed by atoms with van der Waals surface area (Å²) in [5, 5.41) is 2.99. The summed E-state index contributed by atoms with van der Waals surface area (Å²) in [7, 11) is 3.00. The van der Waals surface area contributed by atoms with Gasteiger partial charge in [-0.05, 0) is 50.2 Å². The van der Waals surface area contributed by atoms with Crippen LogP contribution in [0, 0.1) is 0 Å². The van der Waals surface area contributed by atoms with Gasteiger partial charge in [-0.3, -0.25) is 4.79 Å². The predicted octanol–water partition coefficient (Wildman–Crippen LogP) is 3.94. The lowest BCUT2D eigenvalue weighted by molar-refractivity contribution is -0.123. The van der Waals surface area contributed by atoms with Crippen molar-refractivity contribution in [1.82, 2.24) is 0 Å². The summed E-state index contributed by atoms with van der Waals surface area (Å²) >= 11 is 6.04. The molecule has 0 unspecified atom stereocenters. The number of methoxy groups -OCH3 is 2. The Morgan fingerprint density at radius 2 is 1.71 bits per heavy atom. The second kappa shape index (κ2) is 9.85. The van der Waals surface area contributed by atoms with Crippen molar-refractivity contribution in [3.05, 3.63) is 47.0 Å². The number of halogens is 1. The molecule has 0 spiro atoms. The Balaban J connectivity index is 2.04. The first-order chi connectivity index (χ1) is 13.4. The molecule has 0 saturated carbocycles. The Labute approximate surface area is 168 Å². The summed E-state index contributed by atoms with van der Waals surface area (Å²) in [6.45, 7) is 3.71. The van der Waals surface area contributed by atoms with Crippen molar-refractivity contribution in [3.63, 3.8) is 0 Å². The molecule has 28 heavy (non-hydrogen) atoms. The molecule has 2 rings (SSSR count). The molecule has 0 heterocycles. The van der Waals surface area contributed by atoms with E-state index in [9.17, 15) is 9.59 Å². The number of nitrogens with one attached hydrogen (secondary N) is 1. The Bertz CT molecular complexity index is 855. The van der Waals surface area contributed by atoms with Crippen molar-refractivity contribution in [2.24, 2.45) is 0 Å². The number of amides is 1. The minimum absolute atomic E-state index is 0.247. The van der Waals surface area contributed by atoms with Crippen molar-refractivity contribution >= 4 is 29.2 Å². The zero-order chi connectivity index (χ0) is 20.7. The predicted molar refractivity (Wildman–Crippen MR) is 106 cm³/mol. The topological polar surface area (TPSA) is 83.1 Å². The van der Waals surface area contributed by atoms with Gasteiger partial charge in [-0.1, -0.05) is 11.6 Å². The van der Waals surface area contributed by atoms with E-state index in [0.29, 0.717) is 34.6 Å². The van der Waals surface area contributed by atoms with E-state index in [1.165, 1.54) is 33.3 Å². The monoisotopic (exact) mass is 407 g/mol. The molecular weight excluding hydrogens is 386 g/mol. The number of benzene rings is 2. The van der Waals surface area contributed by atoms with Gasteiger partial charge < -0.3 is 24.3 Å². The molecule has 7 nitrogen and oxygen atoms in total. The van der Waals surface area contributed by atoms with Crippen LogP contribution in [0.4, 0.5) is 5.69 Å². The third-order valence-electron chi connectivity index (χ3n) is 3.77. The van der Waals surface area contributed by atoms with Gasteiger partial charge in [-0.15, -0.1) is 0 Å². The van der Waals surface area contributed by atoms with Gasteiger partial charge in [0.2, 0.25) is 0 Å². The molecular formula is C20H22ClNO6. The molecule has 8 heteroatoms. The fourth-order valence-corrected chi connectivity index (χ4v) is 2.60. The SMILES string of the molecule is CCOc1cc(C(=O)O[C@@H](C)C(=O)Nc2ccc(OC)c(Cl)c2)ccc1OC. The van der Waals surface area contributed by atoms with Crippen LogP contribution in [0.1, 0.15) is 24.2 Å². The molecule has 0 bridgehead atoms. The van der Waals surface area contributed by atoms with Crippen molar-refractivity contribution in [3.8, 4) is 17.2 Å². The molecule has 0 aliphatic heterocycles. The van der Waals surface area contributed by atoms with E-state index in [1.54, 1.807) is 24.3 Å². The largest absolute Gasteiger partial charge is 0.495 e. The Morgan fingerprint density at radius 3 is 2.32 bits per heavy atom. The van der Waals surface area contributed by atoms with Crippen molar-refractivity contribution in [2.45, 2.75) is 20.0 Å². The quantitative estimate of drug-likeness (QED) is 0.667. The second-order valence-electron chi connectivity index (χ2n) is 5.68. The maximum atomic E-state index is 12.4. The average Bonchev–Trinajstić information content (AvgIpc) is 2.68. The van der Waals surface area contributed by atoms with Gasteiger partial charge in [0.05, 0.1) is 31.4 Å². The standard InChI is InChI=1S/C20H22ClNO6/c1-5-27-18-10-13(6-8-17(18)26-4)20(24)28-12(2)19(23)22-14-7-9-16(25-3)15(21)11-14/h6-12H,5H2,1-4H3,(H,22,23)/t12-/m0/s1. The van der Waals surface area contributed by atoms with Crippen LogP contribution in [-0.2, 0) is 9.53 Å². The summed E-state index contributed by atoms with van der Waals surface area (Å²) in [5.41, 5.74) is 0.707. The molecule has 150 valence electrons. The smallest absolute Gasteiger partial charge is 0.339 e. The van der Waals surface area contributed by atoms with Crippen LogP contribution in [0.5, 0.6) is 17.2 Å². The summed E-state index contributed by atoms with van der Waals surface area (Å²) < 4.78 is 20.9. The van der Waals surface area contributed by atoms with Gasteiger partial charge in [-0.25, -0.2) is 4.79 Å². The van der Waals surface area contributed by atoms with Crippen LogP contribution >= 0.6 is 11.6 Å². The van der Waals surface area contributed by atoms with E-state index >= 15 is 0 Å². The van der Waals surface area contributed by atoms with E-state index < -0.39 is 18.0 Å². The van der Waals surface area contributed by atoms with E-state index in [4.69, 9.17) is 30.5 Å². The highest BCUT2D eigenvalue weighted by Crippen LogP contribution is 2.29. The minimum atomic E-state index is -1.02. The van der Waals surface area contributed by atoms with Gasteiger partial charge in [0.15, 0.2) is 17.6 Å². The van der Waals surface area contributed by atoms with Crippen LogP contribution < -0.4 is 19.5 Å². The average molecular weight is 408 g/mol. The number of esters is 1. The lowest BCUT2D eigenvalue weighted by Gasteiger charge is -2.15. The minimum Gasteiger partial charge on any atom is -0.495 e. The number of hydrogen-bond acceptors (Lipinski definition) is 6. The van der Waals surface area contributed by atoms with Crippen molar-refractivity contribution in [1.29, 1.82) is 0 Å². The molecule has 2 aromatic carbocycles. The van der Waals surface area contributed by atoms with E-state index in [-0.39, 0.29) is 5.56 Å². The zero-order valence-corrected chi connectivity index (χ0v) is 16.8. The van der Waals surface area contributed by atoms with Crippen LogP contribution in [0.2, 0.25) is 5.02 Å². The van der Waals surface area contributed by atoms with E-state index in [2.05, 4.69) is 5.32 Å². The summed E-state index contributed by atoms with van der Waals surface area (Å²) in [6.07, 6.45) is -1.02. The number of hydrogen-bond donors (Lipinski definition) is 1. The third-order valence-corrected chi connectivity index (χ3v) is 4.07. The first-order valence-corrected chi connectivity index (χ1v) is 8.93. The first-order valence-electron chi connectivity index (χ1n) is 8.55. The Morgan fingerprint density at radius 1 is 1.04 bits per heavy atom. The van der Waals surface area contributed by atoms with Crippen molar-refractivity contribution < 1.29 is 28.5 Å². The molecule has 0 saturated heterocycles. The number of anilines is 1. The number of carbonyl (C=O) groups is 2. The molecule has 0 fully saturated rings. The number of rotatable bonds is 8. The van der Waals surface area contributed by atoms with Gasteiger partial charge in [0.25, 0.3) is 5.91 Å². The van der Waals surface area contributed by atoms with Gasteiger partial charge in [0.1, 0.15) is 5.75 Å². The number of ether oxygens (including phenoxy) is 4. The third kappa shape index (κ3) is 5.29. The van der Waals surface area contributed by atoms with Gasteiger partial charge in [-0.2, -0.15) is 0 Å². The molecule has 1 amide bonds. The van der Waals surface area contributed by atoms with Crippen LogP contribution in [-0.4, -0.2) is 38.8 Å². The molecule has 1 atom stereocenters. The summed E-state index contributed by atoms with van der Waals surface area (Å²) in [6, 6.07) is 9.46. The first kappa shape index (κ1) is 21.4. The highest BCUT2D eigenvalue weighted by Gasteiger charge is 2.20. The highest BCUT2D eigenvalue weighted by molar-refractivity contribution is 6.32. The molecule has 0 aliphatic rings. The highest BCUT2D eigenvalue weighted by atomic mass is 35.5. The summed E-state index contributed by atoms with van der Waals surface area (Å²) in [4.78, 5) is 24.7. The molecule has 0 aliphatic carbocycles. The van der Waals surface area contributed by atoms with Gasteiger partial charge >= 0.3 is 5.97 Å². The lowest BCUT2D eigenvalue weighted by atomic mass is 10.2. The number of carbonyl (C=O) groups excluding carboxylic acids is 2. The maximum absolute atomic E-state index is 12.4. The van der Waals surface area contributed by atoms with Crippen LogP contribution in [0.3, 0.4) is 0 Å². The fraction of sp³-hybridized carbons (Fsp3) is 0.300. The Hall–Kier alpha value is -2.93. The van der Waals surface area contributed by atoms with Crippen molar-refractivity contribution in [2.75, 3.05) is 26.1 Å². The van der Waals surface area contributed by atoms with Crippen LogP contribution in [0.15, 0.2) is 36.4 Å². The second-order valence-corrected chi connectivity index (χ2v) is 6.09. The lowest BCUT2D eigenvalue weighted by Crippen LogP contribution is -2.30. The zero-order valence-electron chi connectivity index (χ0n) is 16.1. The molecule has 0 aromatic heterocycles.